The van der Waals surface area contributed by atoms with Crippen LogP contribution in [0.5, 0.6) is 0 Å². The van der Waals surface area contributed by atoms with E-state index in [1.807, 2.05) is 0 Å². The maximum Gasteiger partial charge on any atom is 0.0698 e. The molecule has 2 saturated heterocycles. The number of rotatable bonds is 1. The maximum atomic E-state index is 3.70. The third kappa shape index (κ3) is 1.38. The first-order chi connectivity index (χ1) is 5.87. The van der Waals surface area contributed by atoms with Crippen molar-refractivity contribution in [1.82, 2.24) is 10.6 Å². The van der Waals surface area contributed by atoms with Crippen molar-refractivity contribution in [2.75, 3.05) is 25.4 Å². The average Bonchev–Trinajstić information content (AvgIpc) is 2.55. The largest absolute Gasteiger partial charge is 0.316 e. The van der Waals surface area contributed by atoms with Crippen LogP contribution in [0.4, 0.5) is 0 Å². The highest BCUT2D eigenvalue weighted by Gasteiger charge is 2.42. The van der Waals surface area contributed by atoms with Crippen LogP contribution in [0.3, 0.4) is 0 Å². The van der Waals surface area contributed by atoms with Crippen LogP contribution in [-0.4, -0.2) is 30.3 Å². The summed E-state index contributed by atoms with van der Waals surface area (Å²) in [7, 11) is 0. The Labute approximate surface area is 78.9 Å². The Balaban J connectivity index is 2.07. The summed E-state index contributed by atoms with van der Waals surface area (Å²) in [4.78, 5) is 0.444. The first-order valence-electron chi connectivity index (χ1n) is 4.97. The van der Waals surface area contributed by atoms with Crippen molar-refractivity contribution in [3.63, 3.8) is 0 Å². The van der Waals surface area contributed by atoms with Gasteiger partial charge in [0.25, 0.3) is 0 Å². The fourth-order valence-corrected chi connectivity index (χ4v) is 3.87. The van der Waals surface area contributed by atoms with Gasteiger partial charge in [-0.1, -0.05) is 6.92 Å². The van der Waals surface area contributed by atoms with Crippen LogP contribution in [0, 0.1) is 5.92 Å². The molecule has 2 N–H and O–H groups in total. The van der Waals surface area contributed by atoms with Crippen molar-refractivity contribution < 1.29 is 0 Å². The van der Waals surface area contributed by atoms with Gasteiger partial charge in [-0.05, 0) is 25.3 Å². The van der Waals surface area contributed by atoms with Gasteiger partial charge in [-0.3, -0.25) is 0 Å². The van der Waals surface area contributed by atoms with E-state index in [1.54, 1.807) is 0 Å². The number of piperidine rings is 1. The van der Waals surface area contributed by atoms with E-state index in [4.69, 9.17) is 0 Å². The second-order valence-electron chi connectivity index (χ2n) is 3.72. The summed E-state index contributed by atoms with van der Waals surface area (Å²) >= 11 is 2.15. The van der Waals surface area contributed by atoms with Gasteiger partial charge in [-0.2, -0.15) is 0 Å². The molecule has 70 valence electrons. The molecule has 0 amide bonds. The minimum absolute atomic E-state index is 0.444. The first-order valence-corrected chi connectivity index (χ1v) is 5.95. The van der Waals surface area contributed by atoms with Gasteiger partial charge in [0.15, 0.2) is 0 Å². The van der Waals surface area contributed by atoms with Crippen LogP contribution in [0.25, 0.3) is 0 Å². The van der Waals surface area contributed by atoms with Gasteiger partial charge in [-0.25, -0.2) is 0 Å². The highest BCUT2D eigenvalue weighted by atomic mass is 32.2. The Bertz CT molecular complexity index is 155. The van der Waals surface area contributed by atoms with E-state index in [0.29, 0.717) is 4.87 Å². The normalized spacial score (nSPS) is 42.2. The Hall–Kier alpha value is 0.270. The van der Waals surface area contributed by atoms with Crippen LogP contribution in [0.2, 0.25) is 0 Å². The Morgan fingerprint density at radius 1 is 1.50 bits per heavy atom. The molecular formula is C9H18N2S. The van der Waals surface area contributed by atoms with Gasteiger partial charge in [-0.15, -0.1) is 11.8 Å². The molecule has 0 aromatic heterocycles. The lowest BCUT2D eigenvalue weighted by Crippen LogP contribution is -2.53. The zero-order valence-electron chi connectivity index (χ0n) is 7.73. The predicted molar refractivity (Wildman–Crippen MR) is 54.5 cm³/mol. The first kappa shape index (κ1) is 8.85. The van der Waals surface area contributed by atoms with E-state index in [9.17, 15) is 0 Å². The van der Waals surface area contributed by atoms with Crippen molar-refractivity contribution in [3.05, 3.63) is 0 Å². The molecule has 2 unspecified atom stereocenters. The molecule has 12 heavy (non-hydrogen) atoms. The third-order valence-corrected chi connectivity index (χ3v) is 4.71. The fourth-order valence-electron chi connectivity index (χ4n) is 2.36. The molecule has 0 aliphatic carbocycles. The minimum Gasteiger partial charge on any atom is -0.316 e. The summed E-state index contributed by atoms with van der Waals surface area (Å²) in [6, 6.07) is 0. The van der Waals surface area contributed by atoms with E-state index >= 15 is 0 Å². The van der Waals surface area contributed by atoms with Crippen molar-refractivity contribution in [2.24, 2.45) is 5.92 Å². The van der Waals surface area contributed by atoms with Crippen molar-refractivity contribution in [3.8, 4) is 0 Å². The fraction of sp³-hybridized carbons (Fsp3) is 1.00. The number of thioether (sulfide) groups is 1. The Morgan fingerprint density at radius 3 is 3.08 bits per heavy atom. The standard InChI is InChI=1S/C9H18N2S/c1-2-8-7-10-4-3-9(8)11-5-6-12-9/h8,10-11H,2-7H2,1H3. The molecule has 0 bridgehead atoms. The van der Waals surface area contributed by atoms with Gasteiger partial charge in [0.2, 0.25) is 0 Å². The molecule has 0 saturated carbocycles. The summed E-state index contributed by atoms with van der Waals surface area (Å²) in [6.07, 6.45) is 2.60. The summed E-state index contributed by atoms with van der Waals surface area (Å²) in [5.74, 6) is 2.13. The number of hydrogen-bond donors (Lipinski definition) is 2. The van der Waals surface area contributed by atoms with E-state index in [1.165, 1.54) is 38.2 Å². The molecule has 0 aromatic carbocycles. The lowest BCUT2D eigenvalue weighted by Gasteiger charge is -2.40. The van der Waals surface area contributed by atoms with Gasteiger partial charge < -0.3 is 10.6 Å². The number of hydrogen-bond acceptors (Lipinski definition) is 3. The smallest absolute Gasteiger partial charge is 0.0698 e. The molecule has 2 aliphatic heterocycles. The quantitative estimate of drug-likeness (QED) is 0.640. The molecule has 2 fully saturated rings. The molecule has 2 aliphatic rings. The summed E-state index contributed by atoms with van der Waals surface area (Å²) in [5, 5.41) is 7.18. The van der Waals surface area contributed by atoms with Crippen LogP contribution in [-0.2, 0) is 0 Å². The summed E-state index contributed by atoms with van der Waals surface area (Å²) in [5.41, 5.74) is 0. The Morgan fingerprint density at radius 2 is 2.42 bits per heavy atom. The van der Waals surface area contributed by atoms with Crippen molar-refractivity contribution in [1.29, 1.82) is 0 Å². The van der Waals surface area contributed by atoms with E-state index in [2.05, 4.69) is 29.3 Å². The van der Waals surface area contributed by atoms with E-state index < -0.39 is 0 Å². The van der Waals surface area contributed by atoms with Crippen LogP contribution in [0.15, 0.2) is 0 Å². The highest BCUT2D eigenvalue weighted by Crippen LogP contribution is 2.40. The van der Waals surface area contributed by atoms with Crippen LogP contribution in [0.1, 0.15) is 19.8 Å². The zero-order valence-corrected chi connectivity index (χ0v) is 8.54. The van der Waals surface area contributed by atoms with E-state index in [-0.39, 0.29) is 0 Å². The summed E-state index contributed by atoms with van der Waals surface area (Å²) in [6.45, 7) is 5.91. The molecule has 2 atom stereocenters. The molecule has 0 radical (unpaired) electrons. The van der Waals surface area contributed by atoms with Crippen molar-refractivity contribution in [2.45, 2.75) is 24.6 Å². The molecule has 0 aromatic rings. The molecule has 1 spiro atoms. The van der Waals surface area contributed by atoms with Gasteiger partial charge in [0, 0.05) is 18.8 Å². The zero-order chi connectivity index (χ0) is 8.44. The lowest BCUT2D eigenvalue weighted by atomic mass is 9.90. The lowest BCUT2D eigenvalue weighted by molar-refractivity contribution is 0.253. The maximum absolute atomic E-state index is 3.70. The second-order valence-corrected chi connectivity index (χ2v) is 5.15. The van der Waals surface area contributed by atoms with Crippen LogP contribution >= 0.6 is 11.8 Å². The van der Waals surface area contributed by atoms with Gasteiger partial charge in [0.05, 0.1) is 4.87 Å². The third-order valence-electron chi connectivity index (χ3n) is 3.10. The molecule has 3 heteroatoms. The molecular weight excluding hydrogens is 168 g/mol. The molecule has 2 rings (SSSR count). The minimum atomic E-state index is 0.444. The monoisotopic (exact) mass is 186 g/mol. The Kier molecular flexibility index (Phi) is 2.63. The number of nitrogens with one attached hydrogen (secondary N) is 2. The SMILES string of the molecule is CCC1CNCCC12NCCS2. The van der Waals surface area contributed by atoms with Gasteiger partial charge in [0.1, 0.15) is 0 Å². The van der Waals surface area contributed by atoms with E-state index in [0.717, 1.165) is 5.92 Å². The average molecular weight is 186 g/mol. The molecule has 2 heterocycles. The summed E-state index contributed by atoms with van der Waals surface area (Å²) < 4.78 is 0. The highest BCUT2D eigenvalue weighted by molar-refractivity contribution is 8.00. The van der Waals surface area contributed by atoms with Crippen LogP contribution < -0.4 is 10.6 Å². The predicted octanol–water partition coefficient (Wildman–Crippen LogP) is 1.04. The molecule has 2 nitrogen and oxygen atoms in total. The van der Waals surface area contributed by atoms with Crippen molar-refractivity contribution >= 4 is 11.8 Å². The second kappa shape index (κ2) is 3.56. The van der Waals surface area contributed by atoms with Gasteiger partial charge >= 0.3 is 0 Å². The topological polar surface area (TPSA) is 24.1 Å².